The highest BCUT2D eigenvalue weighted by Gasteiger charge is 2.36. The molecule has 0 aromatic heterocycles. The van der Waals surface area contributed by atoms with Crippen LogP contribution in [0.2, 0.25) is 0 Å². The molecule has 1 atom stereocenters. The molecule has 0 heterocycles. The largest absolute Gasteiger partial charge is 0.353 e. The summed E-state index contributed by atoms with van der Waals surface area (Å²) >= 11 is 0. The Hall–Kier alpha value is -0.830. The van der Waals surface area contributed by atoms with Crippen LogP contribution >= 0.6 is 7.68 Å². The molecule has 0 rings (SSSR count). The molecular formula is C4H7N2O3P. The number of nitrogens with one attached hydrogen (secondary N) is 1. The van der Waals surface area contributed by atoms with Crippen molar-refractivity contribution in [2.45, 2.75) is 19.1 Å². The summed E-state index contributed by atoms with van der Waals surface area (Å²) in [7, 11) is -2.99. The number of carbonyl (C=O) groups excluding carboxylic acids is 1. The van der Waals surface area contributed by atoms with E-state index >= 15 is 0 Å². The molecule has 0 aliphatic carbocycles. The normalized spacial score (nSPS) is 15.4. The average Bonchev–Trinajstić information content (AvgIpc) is 1.85. The number of hydrogen-bond acceptors (Lipinski definition) is 5. The first-order chi connectivity index (χ1) is 4.45. The highest BCUT2D eigenvalue weighted by atomic mass is 31.1. The van der Waals surface area contributed by atoms with E-state index in [-0.39, 0.29) is 0 Å². The smallest absolute Gasteiger partial charge is 0.296 e. The number of carbonyl (C=O) groups is 1. The van der Waals surface area contributed by atoms with Gasteiger partial charge in [-0.05, 0) is 13.8 Å². The SMILES string of the molecule is CC(=O)C(C)(N=N)P(=O)=O. The van der Waals surface area contributed by atoms with E-state index in [1.165, 1.54) is 0 Å². The van der Waals surface area contributed by atoms with Gasteiger partial charge >= 0.3 is 7.68 Å². The summed E-state index contributed by atoms with van der Waals surface area (Å²) in [6.07, 6.45) is 0. The van der Waals surface area contributed by atoms with Gasteiger partial charge < -0.3 is 0 Å². The molecule has 0 bridgehead atoms. The third-order valence-corrected chi connectivity index (χ3v) is 2.37. The number of rotatable bonds is 3. The molecule has 0 spiro atoms. The second-order valence-electron chi connectivity index (χ2n) is 1.95. The van der Waals surface area contributed by atoms with Crippen LogP contribution in [-0.2, 0) is 13.9 Å². The third-order valence-electron chi connectivity index (χ3n) is 1.24. The molecule has 0 radical (unpaired) electrons. The Labute approximate surface area is 58.1 Å². The second-order valence-corrected chi connectivity index (χ2v) is 3.33. The minimum Gasteiger partial charge on any atom is -0.296 e. The van der Waals surface area contributed by atoms with Crippen LogP contribution in [0.15, 0.2) is 5.11 Å². The Balaban J connectivity index is 4.91. The van der Waals surface area contributed by atoms with Crippen molar-refractivity contribution >= 4 is 13.5 Å². The standard InChI is InChI=1S/C4H7N2O3P/c1-3(7)4(2,6-5)10(8)9/h5H,1-2H3. The quantitative estimate of drug-likeness (QED) is 0.503. The summed E-state index contributed by atoms with van der Waals surface area (Å²) < 4.78 is 20.6. The summed E-state index contributed by atoms with van der Waals surface area (Å²) in [5.74, 6) is -0.640. The van der Waals surface area contributed by atoms with Gasteiger partial charge in [-0.2, -0.15) is 5.11 Å². The average molecular weight is 162 g/mol. The van der Waals surface area contributed by atoms with E-state index in [4.69, 9.17) is 5.53 Å². The predicted molar refractivity (Wildman–Crippen MR) is 32.5 cm³/mol. The van der Waals surface area contributed by atoms with Gasteiger partial charge in [0.05, 0.1) is 0 Å². The van der Waals surface area contributed by atoms with E-state index in [2.05, 4.69) is 5.11 Å². The Morgan fingerprint density at radius 3 is 2.00 bits per heavy atom. The second kappa shape index (κ2) is 2.84. The molecule has 6 heteroatoms. The molecule has 0 saturated carbocycles. The molecule has 0 amide bonds. The summed E-state index contributed by atoms with van der Waals surface area (Å²) in [4.78, 5) is 10.5. The number of hydrogen-bond donors (Lipinski definition) is 1. The lowest BCUT2D eigenvalue weighted by atomic mass is 10.2. The van der Waals surface area contributed by atoms with Gasteiger partial charge in [0.2, 0.25) is 5.28 Å². The van der Waals surface area contributed by atoms with Crippen molar-refractivity contribution in [3.05, 3.63) is 0 Å². The molecule has 1 unspecified atom stereocenters. The van der Waals surface area contributed by atoms with Crippen LogP contribution in [0.1, 0.15) is 13.8 Å². The maximum absolute atomic E-state index is 10.5. The van der Waals surface area contributed by atoms with Crippen molar-refractivity contribution < 1.29 is 13.9 Å². The molecule has 56 valence electrons. The number of nitrogens with zero attached hydrogens (tertiary/aromatic N) is 1. The Morgan fingerprint density at radius 2 is 2.00 bits per heavy atom. The maximum Gasteiger partial charge on any atom is 0.353 e. The van der Waals surface area contributed by atoms with E-state index < -0.39 is 18.7 Å². The molecule has 0 aromatic rings. The number of Topliss-reactive ketones (excluding diaryl/α,β-unsaturated/α-hetero) is 1. The van der Waals surface area contributed by atoms with Gasteiger partial charge in [-0.25, -0.2) is 14.7 Å². The zero-order chi connectivity index (χ0) is 8.36. The molecular weight excluding hydrogens is 155 g/mol. The molecule has 10 heavy (non-hydrogen) atoms. The van der Waals surface area contributed by atoms with Gasteiger partial charge in [0.25, 0.3) is 0 Å². The van der Waals surface area contributed by atoms with E-state index in [9.17, 15) is 13.9 Å². The lowest BCUT2D eigenvalue weighted by Gasteiger charge is -2.07. The highest BCUT2D eigenvalue weighted by Crippen LogP contribution is 2.30. The fourth-order valence-corrected chi connectivity index (χ4v) is 0.587. The fraction of sp³-hybridized carbons (Fsp3) is 0.750. The van der Waals surface area contributed by atoms with E-state index in [0.717, 1.165) is 13.8 Å². The topological polar surface area (TPSA) is 87.4 Å². The van der Waals surface area contributed by atoms with Crippen molar-refractivity contribution in [3.8, 4) is 0 Å². The zero-order valence-electron chi connectivity index (χ0n) is 5.62. The van der Waals surface area contributed by atoms with Crippen LogP contribution in [-0.4, -0.2) is 11.1 Å². The zero-order valence-corrected chi connectivity index (χ0v) is 6.51. The van der Waals surface area contributed by atoms with Crippen LogP contribution in [0.5, 0.6) is 0 Å². The van der Waals surface area contributed by atoms with E-state index in [0.29, 0.717) is 0 Å². The molecule has 0 fully saturated rings. The summed E-state index contributed by atoms with van der Waals surface area (Å²) in [5, 5.41) is 0.871. The van der Waals surface area contributed by atoms with Crippen LogP contribution < -0.4 is 0 Å². The predicted octanol–water partition coefficient (Wildman–Crippen LogP) is 1.50. The Bertz CT molecular complexity index is 227. The Morgan fingerprint density at radius 1 is 1.60 bits per heavy atom. The maximum atomic E-state index is 10.5. The van der Waals surface area contributed by atoms with Gasteiger partial charge in [0, 0.05) is 0 Å². The Kier molecular flexibility index (Phi) is 2.60. The summed E-state index contributed by atoms with van der Waals surface area (Å²) in [6, 6.07) is 0. The summed E-state index contributed by atoms with van der Waals surface area (Å²) in [6.45, 7) is 2.18. The molecule has 1 N–H and O–H groups in total. The van der Waals surface area contributed by atoms with Crippen LogP contribution in [0.3, 0.4) is 0 Å². The van der Waals surface area contributed by atoms with Gasteiger partial charge in [-0.15, -0.1) is 0 Å². The molecule has 0 aliphatic rings. The fourth-order valence-electron chi connectivity index (χ4n) is 0.248. The first-order valence-corrected chi connectivity index (χ1v) is 3.67. The molecule has 0 aliphatic heterocycles. The number of ketones is 1. The van der Waals surface area contributed by atoms with Crippen LogP contribution in [0.4, 0.5) is 0 Å². The van der Waals surface area contributed by atoms with Gasteiger partial charge in [0.15, 0.2) is 5.78 Å². The van der Waals surface area contributed by atoms with Gasteiger partial charge in [0.1, 0.15) is 0 Å². The van der Waals surface area contributed by atoms with Crippen LogP contribution in [0.25, 0.3) is 0 Å². The minimum absolute atomic E-state index is 0.640. The van der Waals surface area contributed by atoms with Gasteiger partial charge in [-0.1, -0.05) is 0 Å². The van der Waals surface area contributed by atoms with Crippen molar-refractivity contribution in [3.63, 3.8) is 0 Å². The summed E-state index contributed by atoms with van der Waals surface area (Å²) in [5.41, 5.74) is 6.44. The van der Waals surface area contributed by atoms with Crippen molar-refractivity contribution in [2.24, 2.45) is 5.11 Å². The van der Waals surface area contributed by atoms with Crippen LogP contribution in [0, 0.1) is 5.53 Å². The lowest BCUT2D eigenvalue weighted by molar-refractivity contribution is -0.119. The van der Waals surface area contributed by atoms with Gasteiger partial charge in [-0.3, -0.25) is 4.79 Å². The molecule has 0 saturated heterocycles. The third kappa shape index (κ3) is 1.36. The highest BCUT2D eigenvalue weighted by molar-refractivity contribution is 7.34. The first-order valence-electron chi connectivity index (χ1n) is 2.49. The monoisotopic (exact) mass is 162 g/mol. The van der Waals surface area contributed by atoms with E-state index in [1.54, 1.807) is 0 Å². The van der Waals surface area contributed by atoms with E-state index in [1.807, 2.05) is 0 Å². The molecule has 0 aromatic carbocycles. The minimum atomic E-state index is -2.99. The van der Waals surface area contributed by atoms with Crippen molar-refractivity contribution in [1.29, 1.82) is 5.53 Å². The van der Waals surface area contributed by atoms with Crippen molar-refractivity contribution in [1.82, 2.24) is 0 Å². The first kappa shape index (κ1) is 9.17. The lowest BCUT2D eigenvalue weighted by Crippen LogP contribution is -2.23. The molecule has 5 nitrogen and oxygen atoms in total. The van der Waals surface area contributed by atoms with Crippen molar-refractivity contribution in [2.75, 3.05) is 0 Å².